The highest BCUT2D eigenvalue weighted by Gasteiger charge is 2.43. The van der Waals surface area contributed by atoms with Crippen molar-refractivity contribution < 1.29 is 22.8 Å². The molecule has 0 aliphatic carbocycles. The monoisotopic (exact) mass is 238 g/mol. The fourth-order valence-corrected chi connectivity index (χ4v) is 1.40. The Kier molecular flexibility index (Phi) is 3.97. The summed E-state index contributed by atoms with van der Waals surface area (Å²) in [6, 6.07) is -0.470. The third-order valence-corrected chi connectivity index (χ3v) is 2.11. The number of azide groups is 1. The molecule has 0 bridgehead atoms. The summed E-state index contributed by atoms with van der Waals surface area (Å²) in [4.78, 5) is 17.2. The van der Waals surface area contributed by atoms with E-state index >= 15 is 0 Å². The first-order valence-electron chi connectivity index (χ1n) is 4.51. The number of nitrogens with zero attached hydrogens (tertiary/aromatic N) is 4. The van der Waals surface area contributed by atoms with E-state index in [0.717, 1.165) is 5.06 Å². The van der Waals surface area contributed by atoms with E-state index in [1.165, 1.54) is 0 Å². The molecule has 0 saturated carbocycles. The van der Waals surface area contributed by atoms with Crippen LogP contribution in [0.15, 0.2) is 5.11 Å². The number of carbonyl (C=O) groups excluding carboxylic acids is 1. The summed E-state index contributed by atoms with van der Waals surface area (Å²) in [5, 5.41) is 4.16. The first-order valence-corrected chi connectivity index (χ1v) is 4.51. The van der Waals surface area contributed by atoms with Gasteiger partial charge in [0, 0.05) is 18.0 Å². The molecule has 0 radical (unpaired) electrons. The SMILES string of the molecule is [N-]=[N+]=NC[C@H]1CCCN1OC(=O)C(F)(F)F. The van der Waals surface area contributed by atoms with E-state index in [9.17, 15) is 18.0 Å². The third-order valence-electron chi connectivity index (χ3n) is 2.11. The summed E-state index contributed by atoms with van der Waals surface area (Å²) in [7, 11) is 0. The second-order valence-corrected chi connectivity index (χ2v) is 3.23. The van der Waals surface area contributed by atoms with Crippen LogP contribution in [0.2, 0.25) is 0 Å². The lowest BCUT2D eigenvalue weighted by Gasteiger charge is -2.21. The van der Waals surface area contributed by atoms with Crippen LogP contribution in [0.3, 0.4) is 0 Å². The predicted molar refractivity (Wildman–Crippen MR) is 45.9 cm³/mol. The number of hydrogen-bond acceptors (Lipinski definition) is 4. The number of alkyl halides is 3. The van der Waals surface area contributed by atoms with Gasteiger partial charge >= 0.3 is 12.1 Å². The minimum atomic E-state index is -5.01. The van der Waals surface area contributed by atoms with Gasteiger partial charge in [-0.15, -0.1) is 5.06 Å². The van der Waals surface area contributed by atoms with Gasteiger partial charge in [0.05, 0.1) is 6.04 Å². The Hall–Kier alpha value is -1.47. The topological polar surface area (TPSA) is 78.3 Å². The lowest BCUT2D eigenvalue weighted by molar-refractivity contribution is -0.240. The summed E-state index contributed by atoms with van der Waals surface area (Å²) >= 11 is 0. The molecule has 1 fully saturated rings. The predicted octanol–water partition coefficient (Wildman–Crippen LogP) is 1.78. The van der Waals surface area contributed by atoms with Crippen LogP contribution in [0.4, 0.5) is 13.2 Å². The minimum absolute atomic E-state index is 0.0123. The summed E-state index contributed by atoms with van der Waals surface area (Å²) < 4.78 is 35.7. The molecule has 90 valence electrons. The van der Waals surface area contributed by atoms with Crippen molar-refractivity contribution in [1.82, 2.24) is 5.06 Å². The van der Waals surface area contributed by atoms with Crippen LogP contribution in [0, 0.1) is 0 Å². The molecule has 0 unspecified atom stereocenters. The van der Waals surface area contributed by atoms with Crippen LogP contribution in [0.5, 0.6) is 0 Å². The van der Waals surface area contributed by atoms with E-state index < -0.39 is 18.2 Å². The van der Waals surface area contributed by atoms with Gasteiger partial charge in [-0.25, -0.2) is 4.79 Å². The van der Waals surface area contributed by atoms with Crippen molar-refractivity contribution in [2.45, 2.75) is 25.1 Å². The summed E-state index contributed by atoms with van der Waals surface area (Å²) in [6.45, 7) is 0.203. The van der Waals surface area contributed by atoms with Crippen LogP contribution >= 0.6 is 0 Å². The molecule has 1 aliphatic heterocycles. The first kappa shape index (κ1) is 12.6. The number of hydrogen-bond donors (Lipinski definition) is 0. The second kappa shape index (κ2) is 5.04. The lowest BCUT2D eigenvalue weighted by Crippen LogP contribution is -2.38. The second-order valence-electron chi connectivity index (χ2n) is 3.23. The number of hydroxylamine groups is 2. The average molecular weight is 238 g/mol. The quantitative estimate of drug-likeness (QED) is 0.427. The van der Waals surface area contributed by atoms with Crippen molar-refractivity contribution in [3.8, 4) is 0 Å². The van der Waals surface area contributed by atoms with E-state index in [-0.39, 0.29) is 13.1 Å². The van der Waals surface area contributed by atoms with Gasteiger partial charge in [-0.05, 0) is 18.4 Å². The van der Waals surface area contributed by atoms with Crippen molar-refractivity contribution in [3.63, 3.8) is 0 Å². The number of rotatable bonds is 3. The molecule has 1 heterocycles. The third kappa shape index (κ3) is 3.28. The Balaban J connectivity index is 2.53. The highest BCUT2D eigenvalue weighted by Crippen LogP contribution is 2.22. The molecule has 0 aromatic rings. The van der Waals surface area contributed by atoms with E-state index in [0.29, 0.717) is 12.8 Å². The smallest absolute Gasteiger partial charge is 0.361 e. The van der Waals surface area contributed by atoms with Crippen molar-refractivity contribution in [3.05, 3.63) is 10.4 Å². The summed E-state index contributed by atoms with van der Waals surface area (Å²) in [6.07, 6.45) is -3.88. The molecule has 0 aromatic carbocycles. The van der Waals surface area contributed by atoms with Crippen LogP contribution in [-0.2, 0) is 9.63 Å². The van der Waals surface area contributed by atoms with Crippen LogP contribution in [0.1, 0.15) is 12.8 Å². The summed E-state index contributed by atoms with van der Waals surface area (Å²) in [5.74, 6) is -2.25. The zero-order chi connectivity index (χ0) is 12.2. The molecular formula is C7H9F3N4O2. The summed E-state index contributed by atoms with van der Waals surface area (Å²) in [5.41, 5.74) is 8.08. The number of halogens is 3. The maximum atomic E-state index is 11.9. The van der Waals surface area contributed by atoms with Gasteiger partial charge in [0.1, 0.15) is 0 Å². The molecule has 1 atom stereocenters. The first-order chi connectivity index (χ1) is 7.45. The van der Waals surface area contributed by atoms with Gasteiger partial charge in [0.15, 0.2) is 0 Å². The largest absolute Gasteiger partial charge is 0.492 e. The molecule has 6 nitrogen and oxygen atoms in total. The molecule has 9 heteroatoms. The van der Waals surface area contributed by atoms with Gasteiger partial charge in [0.25, 0.3) is 0 Å². The average Bonchev–Trinajstić information content (AvgIpc) is 2.61. The molecule has 1 rings (SSSR count). The molecule has 0 spiro atoms. The van der Waals surface area contributed by atoms with Crippen molar-refractivity contribution in [1.29, 1.82) is 0 Å². The van der Waals surface area contributed by atoms with Gasteiger partial charge in [-0.2, -0.15) is 13.2 Å². The van der Waals surface area contributed by atoms with E-state index in [2.05, 4.69) is 14.9 Å². The van der Waals surface area contributed by atoms with Crippen LogP contribution in [-0.4, -0.2) is 36.3 Å². The molecule has 0 aromatic heterocycles. The Morgan fingerprint density at radius 1 is 1.62 bits per heavy atom. The van der Waals surface area contributed by atoms with Gasteiger partial charge in [-0.1, -0.05) is 5.11 Å². The molecule has 1 aliphatic rings. The molecule has 0 amide bonds. The number of carbonyl (C=O) groups is 1. The minimum Gasteiger partial charge on any atom is -0.361 e. The van der Waals surface area contributed by atoms with Crippen molar-refractivity contribution in [2.75, 3.05) is 13.1 Å². The molecule has 1 saturated heterocycles. The Morgan fingerprint density at radius 3 is 2.88 bits per heavy atom. The highest BCUT2D eigenvalue weighted by molar-refractivity contribution is 5.75. The van der Waals surface area contributed by atoms with Crippen LogP contribution < -0.4 is 0 Å². The molecule has 0 N–H and O–H groups in total. The lowest BCUT2D eigenvalue weighted by atomic mass is 10.2. The standard InChI is InChI=1S/C7H9F3N4O2/c8-7(9,10)6(15)16-14-3-1-2-5(14)4-12-13-11/h5H,1-4H2/t5-/m1/s1. The maximum absolute atomic E-state index is 11.9. The molecule has 16 heavy (non-hydrogen) atoms. The van der Waals surface area contributed by atoms with Gasteiger partial charge in [-0.3, -0.25) is 0 Å². The Bertz CT molecular complexity index is 313. The fraction of sp³-hybridized carbons (Fsp3) is 0.857. The van der Waals surface area contributed by atoms with Crippen molar-refractivity contribution >= 4 is 5.97 Å². The Morgan fingerprint density at radius 2 is 2.31 bits per heavy atom. The van der Waals surface area contributed by atoms with Crippen LogP contribution in [0.25, 0.3) is 10.4 Å². The zero-order valence-corrected chi connectivity index (χ0v) is 8.15. The zero-order valence-electron chi connectivity index (χ0n) is 8.15. The maximum Gasteiger partial charge on any atom is 0.492 e. The van der Waals surface area contributed by atoms with Crippen molar-refractivity contribution in [2.24, 2.45) is 5.11 Å². The van der Waals surface area contributed by atoms with Gasteiger partial charge in [0.2, 0.25) is 0 Å². The van der Waals surface area contributed by atoms with Gasteiger partial charge < -0.3 is 4.84 Å². The van der Waals surface area contributed by atoms with E-state index in [1.807, 2.05) is 0 Å². The fourth-order valence-electron chi connectivity index (χ4n) is 1.40. The van der Waals surface area contributed by atoms with E-state index in [1.54, 1.807) is 0 Å². The van der Waals surface area contributed by atoms with E-state index in [4.69, 9.17) is 5.53 Å². The highest BCUT2D eigenvalue weighted by atomic mass is 19.4. The normalized spacial score (nSPS) is 21.6. The Labute approximate surface area is 88.5 Å². The molecular weight excluding hydrogens is 229 g/mol.